The molecule has 1 N–H and O–H groups in total. The van der Waals surface area contributed by atoms with Gasteiger partial charge in [0, 0.05) is 13.1 Å². The summed E-state index contributed by atoms with van der Waals surface area (Å²) in [5.41, 5.74) is 1.74. The molecule has 0 bridgehead atoms. The molecule has 2 rings (SSSR count). The molecule has 110 valence electrons. The van der Waals surface area contributed by atoms with Gasteiger partial charge in [-0.1, -0.05) is 17.7 Å². The molecule has 20 heavy (non-hydrogen) atoms. The molecule has 0 aromatic heterocycles. The van der Waals surface area contributed by atoms with Gasteiger partial charge in [-0.3, -0.25) is 9.69 Å². The van der Waals surface area contributed by atoms with Crippen LogP contribution in [0.4, 0.5) is 5.69 Å². The fourth-order valence-electron chi connectivity index (χ4n) is 2.53. The molecule has 1 aliphatic rings. The number of carbonyl (C=O) groups is 1. The van der Waals surface area contributed by atoms with E-state index in [9.17, 15) is 4.79 Å². The van der Waals surface area contributed by atoms with Gasteiger partial charge in [0.1, 0.15) is 0 Å². The molecular formula is C15H21ClN2O2. The van der Waals surface area contributed by atoms with Gasteiger partial charge in [-0.2, -0.15) is 0 Å². The normalized spacial score (nSPS) is 23.6. The molecule has 0 saturated carbocycles. The van der Waals surface area contributed by atoms with Crippen LogP contribution in [0.3, 0.4) is 0 Å². The summed E-state index contributed by atoms with van der Waals surface area (Å²) in [5, 5.41) is 3.43. The molecule has 0 spiro atoms. The number of morpholine rings is 1. The number of rotatable bonds is 3. The van der Waals surface area contributed by atoms with E-state index >= 15 is 0 Å². The second kappa shape index (κ2) is 6.57. The Morgan fingerprint density at radius 3 is 2.65 bits per heavy atom. The minimum atomic E-state index is -0.0444. The second-order valence-corrected chi connectivity index (χ2v) is 5.89. The van der Waals surface area contributed by atoms with E-state index in [1.165, 1.54) is 0 Å². The second-order valence-electron chi connectivity index (χ2n) is 5.48. The minimum Gasteiger partial charge on any atom is -0.373 e. The predicted molar refractivity (Wildman–Crippen MR) is 81.3 cm³/mol. The molecule has 1 aromatic rings. The number of benzene rings is 1. The Morgan fingerprint density at radius 1 is 1.40 bits per heavy atom. The number of aryl methyl sites for hydroxylation is 1. The van der Waals surface area contributed by atoms with Crippen LogP contribution in [0.1, 0.15) is 19.4 Å². The number of nitrogens with one attached hydrogen (secondary N) is 1. The Kier molecular flexibility index (Phi) is 5.02. The Hall–Kier alpha value is -1.10. The Balaban J connectivity index is 1.92. The van der Waals surface area contributed by atoms with E-state index in [-0.39, 0.29) is 18.1 Å². The van der Waals surface area contributed by atoms with Crippen molar-refractivity contribution in [2.45, 2.75) is 33.0 Å². The average Bonchev–Trinajstić information content (AvgIpc) is 2.31. The fourth-order valence-corrected chi connectivity index (χ4v) is 2.81. The number of hydrogen-bond donors (Lipinski definition) is 1. The summed E-state index contributed by atoms with van der Waals surface area (Å²) in [5.74, 6) is -0.0444. The molecule has 1 aliphatic heterocycles. The largest absolute Gasteiger partial charge is 0.373 e. The molecule has 1 fully saturated rings. The van der Waals surface area contributed by atoms with Crippen LogP contribution in [0.15, 0.2) is 18.2 Å². The van der Waals surface area contributed by atoms with Crippen LogP contribution in [0.2, 0.25) is 5.02 Å². The molecule has 1 saturated heterocycles. The zero-order valence-corrected chi connectivity index (χ0v) is 12.9. The maximum atomic E-state index is 12.1. The third-order valence-electron chi connectivity index (χ3n) is 3.26. The third kappa shape index (κ3) is 4.20. The number of ether oxygens (including phenoxy) is 1. The van der Waals surface area contributed by atoms with E-state index in [0.717, 1.165) is 18.7 Å². The summed E-state index contributed by atoms with van der Waals surface area (Å²) >= 11 is 6.11. The van der Waals surface area contributed by atoms with E-state index in [2.05, 4.69) is 10.2 Å². The molecule has 0 radical (unpaired) electrons. The maximum Gasteiger partial charge on any atom is 0.238 e. The lowest BCUT2D eigenvalue weighted by Crippen LogP contribution is -2.48. The molecule has 0 aliphatic carbocycles. The summed E-state index contributed by atoms with van der Waals surface area (Å²) in [6, 6.07) is 5.61. The van der Waals surface area contributed by atoms with Gasteiger partial charge in [0.2, 0.25) is 5.91 Å². The molecule has 1 heterocycles. The van der Waals surface area contributed by atoms with E-state index < -0.39 is 0 Å². The van der Waals surface area contributed by atoms with Gasteiger partial charge >= 0.3 is 0 Å². The van der Waals surface area contributed by atoms with Crippen molar-refractivity contribution in [2.75, 3.05) is 25.0 Å². The molecule has 5 heteroatoms. The van der Waals surface area contributed by atoms with Crippen LogP contribution in [-0.2, 0) is 9.53 Å². The number of carbonyl (C=O) groups excluding carboxylic acids is 1. The quantitative estimate of drug-likeness (QED) is 0.932. The lowest BCUT2D eigenvalue weighted by molar-refractivity contribution is -0.121. The number of hydrogen-bond acceptors (Lipinski definition) is 3. The molecule has 2 atom stereocenters. The lowest BCUT2D eigenvalue weighted by Gasteiger charge is -2.34. The van der Waals surface area contributed by atoms with E-state index in [4.69, 9.17) is 16.3 Å². The molecule has 0 unspecified atom stereocenters. The topological polar surface area (TPSA) is 41.6 Å². The lowest BCUT2D eigenvalue weighted by atomic mass is 10.2. The number of nitrogens with zero attached hydrogens (tertiary/aromatic N) is 1. The first-order chi connectivity index (χ1) is 9.44. The summed E-state index contributed by atoms with van der Waals surface area (Å²) in [7, 11) is 0. The van der Waals surface area contributed by atoms with Crippen LogP contribution in [-0.4, -0.2) is 42.6 Å². The van der Waals surface area contributed by atoms with E-state index in [1.807, 2.05) is 39.0 Å². The molecule has 1 amide bonds. The van der Waals surface area contributed by atoms with Gasteiger partial charge < -0.3 is 10.1 Å². The SMILES string of the molecule is Cc1ccc(NC(=O)CN2C[C@@H](C)O[C@H](C)C2)c(Cl)c1. The van der Waals surface area contributed by atoms with Gasteiger partial charge in [0.15, 0.2) is 0 Å². The van der Waals surface area contributed by atoms with Gasteiger partial charge in [-0.05, 0) is 38.5 Å². The molecular weight excluding hydrogens is 276 g/mol. The molecule has 1 aromatic carbocycles. The smallest absolute Gasteiger partial charge is 0.238 e. The molecule has 4 nitrogen and oxygen atoms in total. The highest BCUT2D eigenvalue weighted by atomic mass is 35.5. The summed E-state index contributed by atoms with van der Waals surface area (Å²) < 4.78 is 5.65. The first kappa shape index (κ1) is 15.3. The van der Waals surface area contributed by atoms with Gasteiger partial charge in [-0.15, -0.1) is 0 Å². The average molecular weight is 297 g/mol. The van der Waals surface area contributed by atoms with Crippen molar-refractivity contribution in [2.24, 2.45) is 0 Å². The van der Waals surface area contributed by atoms with Crippen molar-refractivity contribution in [3.8, 4) is 0 Å². The number of amides is 1. The Morgan fingerprint density at radius 2 is 2.05 bits per heavy atom. The number of halogens is 1. The minimum absolute atomic E-state index is 0.0444. The van der Waals surface area contributed by atoms with Crippen molar-refractivity contribution in [3.63, 3.8) is 0 Å². The summed E-state index contributed by atoms with van der Waals surface area (Å²) in [4.78, 5) is 14.2. The highest BCUT2D eigenvalue weighted by Crippen LogP contribution is 2.22. The predicted octanol–water partition coefficient (Wildman–Crippen LogP) is 2.70. The van der Waals surface area contributed by atoms with Crippen LogP contribution in [0, 0.1) is 6.92 Å². The monoisotopic (exact) mass is 296 g/mol. The number of anilines is 1. The van der Waals surface area contributed by atoms with E-state index in [1.54, 1.807) is 0 Å². The third-order valence-corrected chi connectivity index (χ3v) is 3.57. The summed E-state index contributed by atoms with van der Waals surface area (Å²) in [6.45, 7) is 7.93. The van der Waals surface area contributed by atoms with Gasteiger partial charge in [-0.25, -0.2) is 0 Å². The van der Waals surface area contributed by atoms with Crippen molar-refractivity contribution >= 4 is 23.2 Å². The van der Waals surface area contributed by atoms with Gasteiger partial charge in [0.05, 0.1) is 29.5 Å². The Labute approximate surface area is 125 Å². The van der Waals surface area contributed by atoms with Crippen LogP contribution < -0.4 is 5.32 Å². The highest BCUT2D eigenvalue weighted by molar-refractivity contribution is 6.33. The zero-order valence-electron chi connectivity index (χ0n) is 12.1. The highest BCUT2D eigenvalue weighted by Gasteiger charge is 2.23. The van der Waals surface area contributed by atoms with Crippen LogP contribution in [0.25, 0.3) is 0 Å². The van der Waals surface area contributed by atoms with Crippen molar-refractivity contribution in [1.29, 1.82) is 0 Å². The Bertz CT molecular complexity index is 483. The van der Waals surface area contributed by atoms with Crippen LogP contribution in [0.5, 0.6) is 0 Å². The first-order valence-corrected chi connectivity index (χ1v) is 7.25. The maximum absolute atomic E-state index is 12.1. The summed E-state index contributed by atoms with van der Waals surface area (Å²) in [6.07, 6.45) is 0.323. The van der Waals surface area contributed by atoms with Gasteiger partial charge in [0.25, 0.3) is 0 Å². The van der Waals surface area contributed by atoms with Crippen molar-refractivity contribution in [3.05, 3.63) is 28.8 Å². The van der Waals surface area contributed by atoms with Crippen LogP contribution >= 0.6 is 11.6 Å². The fraction of sp³-hybridized carbons (Fsp3) is 0.533. The van der Waals surface area contributed by atoms with E-state index in [0.29, 0.717) is 17.3 Å². The first-order valence-electron chi connectivity index (χ1n) is 6.88. The standard InChI is InChI=1S/C15H21ClN2O2/c1-10-4-5-14(13(16)6-10)17-15(19)9-18-7-11(2)20-12(3)8-18/h4-6,11-12H,7-9H2,1-3H3,(H,17,19)/t11-,12-/m1/s1. The van der Waals surface area contributed by atoms with Crippen molar-refractivity contribution in [1.82, 2.24) is 4.90 Å². The zero-order chi connectivity index (χ0) is 14.7. The van der Waals surface area contributed by atoms with Crippen molar-refractivity contribution < 1.29 is 9.53 Å².